The van der Waals surface area contributed by atoms with Gasteiger partial charge in [-0.3, -0.25) is 9.48 Å². The van der Waals surface area contributed by atoms with E-state index in [0.717, 1.165) is 17.8 Å². The molecule has 4 aliphatic rings. The van der Waals surface area contributed by atoms with Crippen molar-refractivity contribution < 1.29 is 0 Å². The van der Waals surface area contributed by atoms with E-state index in [9.17, 15) is 4.79 Å². The summed E-state index contributed by atoms with van der Waals surface area (Å²) in [5.41, 5.74) is -0.236. The average molecular weight is 277 g/mol. The first kappa shape index (κ1) is 11.9. The second kappa shape index (κ2) is 4.08. The fourth-order valence-corrected chi connectivity index (χ4v) is 6.22. The summed E-state index contributed by atoms with van der Waals surface area (Å²) in [6, 6.07) is 0.477. The zero-order valence-electron chi connectivity index (χ0n) is 11.2. The van der Waals surface area contributed by atoms with Gasteiger partial charge in [0.05, 0.1) is 6.04 Å². The van der Waals surface area contributed by atoms with Crippen LogP contribution in [0.25, 0.3) is 0 Å². The zero-order valence-corrected chi connectivity index (χ0v) is 12.0. The van der Waals surface area contributed by atoms with Crippen molar-refractivity contribution in [1.29, 1.82) is 0 Å². The number of thioether (sulfide) groups is 1. The van der Waals surface area contributed by atoms with Crippen LogP contribution < -0.4 is 5.56 Å². The summed E-state index contributed by atoms with van der Waals surface area (Å²) >= 11 is 2.09. The quantitative estimate of drug-likeness (QED) is 0.831. The smallest absolute Gasteiger partial charge is 0.266 e. The lowest BCUT2D eigenvalue weighted by Crippen LogP contribution is -2.53. The predicted octanol–water partition coefficient (Wildman–Crippen LogP) is 2.12. The molecule has 4 fully saturated rings. The largest absolute Gasteiger partial charge is 0.291 e. The molecule has 5 heteroatoms. The van der Waals surface area contributed by atoms with Crippen LogP contribution in [0.1, 0.15) is 38.1 Å². The van der Waals surface area contributed by atoms with Gasteiger partial charge in [0, 0.05) is 4.75 Å². The van der Waals surface area contributed by atoms with Crippen LogP contribution in [0.3, 0.4) is 0 Å². The predicted molar refractivity (Wildman–Crippen MR) is 75.1 cm³/mol. The minimum Gasteiger partial charge on any atom is -0.266 e. The van der Waals surface area contributed by atoms with Crippen LogP contribution in [0.2, 0.25) is 0 Å². The summed E-state index contributed by atoms with van der Waals surface area (Å²) in [6.07, 6.45) is 12.0. The molecule has 4 bridgehead atoms. The SMILES string of the molecule is CSC12CC3CC(C1)C(n1cnc(=O)cn1)C(C3)C2. The number of hydrogen-bond donors (Lipinski definition) is 0. The van der Waals surface area contributed by atoms with Crippen LogP contribution in [0, 0.1) is 17.8 Å². The highest BCUT2D eigenvalue weighted by Gasteiger charge is 2.55. The molecule has 4 saturated carbocycles. The molecule has 4 nitrogen and oxygen atoms in total. The summed E-state index contributed by atoms with van der Waals surface area (Å²) < 4.78 is 2.52. The third-order valence-electron chi connectivity index (χ3n) is 5.51. The van der Waals surface area contributed by atoms with E-state index in [2.05, 4.69) is 28.1 Å². The summed E-state index contributed by atoms with van der Waals surface area (Å²) in [5, 5.41) is 4.31. The van der Waals surface area contributed by atoms with E-state index in [4.69, 9.17) is 0 Å². The van der Waals surface area contributed by atoms with Gasteiger partial charge in [-0.15, -0.1) is 0 Å². The molecule has 0 saturated heterocycles. The van der Waals surface area contributed by atoms with Crippen LogP contribution in [0.15, 0.2) is 17.3 Å². The molecule has 1 aromatic rings. The van der Waals surface area contributed by atoms with Gasteiger partial charge in [-0.25, -0.2) is 0 Å². The van der Waals surface area contributed by atoms with Crippen molar-refractivity contribution in [2.24, 2.45) is 17.8 Å². The van der Waals surface area contributed by atoms with Crippen molar-refractivity contribution in [3.63, 3.8) is 0 Å². The van der Waals surface area contributed by atoms with Crippen LogP contribution >= 0.6 is 11.8 Å². The van der Waals surface area contributed by atoms with Crippen molar-refractivity contribution in [1.82, 2.24) is 14.8 Å². The van der Waals surface area contributed by atoms with Crippen LogP contribution in [0.4, 0.5) is 0 Å². The average Bonchev–Trinajstić information content (AvgIpc) is 2.40. The Kier molecular flexibility index (Phi) is 2.56. The Labute approximate surface area is 117 Å². The molecule has 2 atom stereocenters. The summed E-state index contributed by atoms with van der Waals surface area (Å²) in [6.45, 7) is 0. The third-order valence-corrected chi connectivity index (χ3v) is 6.88. The highest BCUT2D eigenvalue weighted by molar-refractivity contribution is 8.00. The molecule has 0 N–H and O–H groups in total. The maximum absolute atomic E-state index is 11.1. The molecule has 1 heterocycles. The fraction of sp³-hybridized carbons (Fsp3) is 0.786. The number of nitrogens with zero attached hydrogens (tertiary/aromatic N) is 3. The van der Waals surface area contributed by atoms with Gasteiger partial charge in [-0.05, 0) is 56.1 Å². The lowest BCUT2D eigenvalue weighted by Gasteiger charge is -2.59. The van der Waals surface area contributed by atoms with Crippen molar-refractivity contribution in [2.45, 2.75) is 42.9 Å². The number of rotatable bonds is 2. The minimum absolute atomic E-state index is 0.236. The second-order valence-electron chi connectivity index (χ2n) is 6.56. The van der Waals surface area contributed by atoms with E-state index in [1.807, 2.05) is 4.68 Å². The van der Waals surface area contributed by atoms with E-state index in [0.29, 0.717) is 10.8 Å². The monoisotopic (exact) mass is 277 g/mol. The van der Waals surface area contributed by atoms with Crippen LogP contribution in [-0.2, 0) is 0 Å². The third kappa shape index (κ3) is 1.77. The van der Waals surface area contributed by atoms with Crippen LogP contribution in [0.5, 0.6) is 0 Å². The summed E-state index contributed by atoms with van der Waals surface area (Å²) in [5.74, 6) is 2.39. The molecule has 5 rings (SSSR count). The van der Waals surface area contributed by atoms with E-state index in [1.54, 1.807) is 6.33 Å². The van der Waals surface area contributed by atoms with Gasteiger partial charge in [-0.1, -0.05) is 0 Å². The van der Waals surface area contributed by atoms with Gasteiger partial charge in [0.2, 0.25) is 0 Å². The molecule has 4 aliphatic carbocycles. The molecule has 102 valence electrons. The Bertz CT molecular complexity index is 521. The molecule has 0 amide bonds. The van der Waals surface area contributed by atoms with Gasteiger partial charge >= 0.3 is 0 Å². The Morgan fingerprint density at radius 3 is 2.63 bits per heavy atom. The highest BCUT2D eigenvalue weighted by atomic mass is 32.2. The van der Waals surface area contributed by atoms with E-state index < -0.39 is 0 Å². The lowest BCUT2D eigenvalue weighted by molar-refractivity contribution is -0.0197. The van der Waals surface area contributed by atoms with Crippen molar-refractivity contribution in [3.8, 4) is 0 Å². The molecule has 0 aromatic carbocycles. The normalized spacial score (nSPS) is 43.6. The maximum Gasteiger partial charge on any atom is 0.291 e. The molecule has 19 heavy (non-hydrogen) atoms. The lowest BCUT2D eigenvalue weighted by atomic mass is 9.53. The topological polar surface area (TPSA) is 47.8 Å². The van der Waals surface area contributed by atoms with E-state index in [1.165, 1.54) is 38.3 Å². The molecular weight excluding hydrogens is 258 g/mol. The Morgan fingerprint density at radius 1 is 1.32 bits per heavy atom. The number of hydrogen-bond acceptors (Lipinski definition) is 4. The molecule has 0 aliphatic heterocycles. The first-order valence-corrected chi connectivity index (χ1v) is 8.37. The molecule has 0 spiro atoms. The molecule has 2 unspecified atom stereocenters. The zero-order chi connectivity index (χ0) is 13.0. The van der Waals surface area contributed by atoms with Gasteiger partial charge in [-0.2, -0.15) is 21.8 Å². The minimum atomic E-state index is -0.236. The second-order valence-corrected chi connectivity index (χ2v) is 7.83. The highest BCUT2D eigenvalue weighted by Crippen LogP contribution is 2.63. The molecule has 1 aromatic heterocycles. The number of aromatic nitrogens is 3. The Hall–Kier alpha value is -0.840. The van der Waals surface area contributed by atoms with Crippen molar-refractivity contribution in [2.75, 3.05) is 6.26 Å². The van der Waals surface area contributed by atoms with E-state index >= 15 is 0 Å². The van der Waals surface area contributed by atoms with Gasteiger partial charge in [0.1, 0.15) is 12.5 Å². The molecule has 0 radical (unpaired) electrons. The standard InChI is InChI=1S/C14H19N3OS/c1-19-14-4-9-2-10(5-14)13(11(3-9)6-14)17-8-15-12(18)7-16-17/h7-11,13H,2-6H2,1H3. The molecular formula is C14H19N3OS. The van der Waals surface area contributed by atoms with Crippen LogP contribution in [-0.4, -0.2) is 25.8 Å². The first-order valence-electron chi connectivity index (χ1n) is 7.15. The maximum atomic E-state index is 11.1. The van der Waals surface area contributed by atoms with Crippen molar-refractivity contribution >= 4 is 11.8 Å². The Balaban J connectivity index is 1.69. The summed E-state index contributed by atoms with van der Waals surface area (Å²) in [4.78, 5) is 15.0. The van der Waals surface area contributed by atoms with Crippen molar-refractivity contribution in [3.05, 3.63) is 22.9 Å². The van der Waals surface area contributed by atoms with Gasteiger partial charge in [0.15, 0.2) is 0 Å². The summed E-state index contributed by atoms with van der Waals surface area (Å²) in [7, 11) is 0. The Morgan fingerprint density at radius 2 is 2.05 bits per heavy atom. The van der Waals surface area contributed by atoms with Gasteiger partial charge in [0.25, 0.3) is 5.56 Å². The van der Waals surface area contributed by atoms with Gasteiger partial charge < -0.3 is 0 Å². The van der Waals surface area contributed by atoms with E-state index in [-0.39, 0.29) is 5.56 Å². The fourth-order valence-electron chi connectivity index (χ4n) is 5.05. The first-order chi connectivity index (χ1) is 9.19.